The Bertz CT molecular complexity index is 6680. The minimum Gasteiger partial charge on any atom is -0.248 e. The number of aromatic nitrogens is 8. The van der Waals surface area contributed by atoms with Crippen LogP contribution in [-0.4, -0.2) is 39.9 Å². The van der Waals surface area contributed by atoms with E-state index in [0.717, 1.165) is 199 Å². The van der Waals surface area contributed by atoms with E-state index in [1.807, 2.05) is 54.6 Å². The predicted octanol–water partition coefficient (Wildman–Crippen LogP) is 23.9. The number of rotatable bonds is 9. The molecule has 0 bridgehead atoms. The van der Waals surface area contributed by atoms with Crippen LogP contribution in [0.4, 0.5) is 0 Å². The summed E-state index contributed by atoms with van der Waals surface area (Å²) >= 11 is 0. The van der Waals surface area contributed by atoms with Gasteiger partial charge in [-0.3, -0.25) is 0 Å². The third-order valence-corrected chi connectivity index (χ3v) is 19.5. The molecule has 8 heteroatoms. The van der Waals surface area contributed by atoms with E-state index >= 15 is 0 Å². The van der Waals surface area contributed by atoms with Gasteiger partial charge >= 0.3 is 0 Å². The molecule has 0 aliphatic heterocycles. The molecule has 474 valence electrons. The zero-order valence-electron chi connectivity index (χ0n) is 55.1. The lowest BCUT2D eigenvalue weighted by molar-refractivity contribution is 1.36. The van der Waals surface area contributed by atoms with Crippen LogP contribution in [0.5, 0.6) is 0 Å². The smallest absolute Gasteiger partial charge is 0.0972 e. The first-order valence-electron chi connectivity index (χ1n) is 34.3. The number of fused-ring (bicyclic) bond motifs is 11. The van der Waals surface area contributed by atoms with E-state index in [-0.39, 0.29) is 0 Å². The topological polar surface area (TPSA) is 103 Å². The molecule has 20 aromatic rings. The van der Waals surface area contributed by atoms with Gasteiger partial charge in [0.2, 0.25) is 0 Å². The van der Waals surface area contributed by atoms with Crippen LogP contribution < -0.4 is 0 Å². The molecule has 0 atom stereocenters. The van der Waals surface area contributed by atoms with Crippen molar-refractivity contribution in [3.8, 4) is 101 Å². The molecule has 0 unspecified atom stereocenters. The van der Waals surface area contributed by atoms with E-state index in [2.05, 4.69) is 297 Å². The van der Waals surface area contributed by atoms with E-state index in [4.69, 9.17) is 39.9 Å². The van der Waals surface area contributed by atoms with Gasteiger partial charge in [-0.05, 0) is 95.2 Å². The summed E-state index contributed by atoms with van der Waals surface area (Å²) in [6, 6.07) is 122. The van der Waals surface area contributed by atoms with Gasteiger partial charge in [0.1, 0.15) is 0 Å². The average molecular weight is 1300 g/mol. The van der Waals surface area contributed by atoms with Gasteiger partial charge in [0.05, 0.1) is 89.7 Å². The van der Waals surface area contributed by atoms with E-state index in [9.17, 15) is 0 Å². The van der Waals surface area contributed by atoms with Gasteiger partial charge in [-0.25, -0.2) is 39.9 Å². The second-order valence-electron chi connectivity index (χ2n) is 25.8. The maximum Gasteiger partial charge on any atom is 0.0972 e. The summed E-state index contributed by atoms with van der Waals surface area (Å²) < 4.78 is 0. The van der Waals surface area contributed by atoms with E-state index < -0.39 is 0 Å². The van der Waals surface area contributed by atoms with Crippen LogP contribution in [0, 0.1) is 0 Å². The zero-order chi connectivity index (χ0) is 67.5. The lowest BCUT2D eigenvalue weighted by Gasteiger charge is -2.10. The zero-order valence-corrected chi connectivity index (χ0v) is 55.1. The molecule has 0 N–H and O–H groups in total. The Morgan fingerprint density at radius 2 is 0.382 bits per heavy atom. The molecule has 8 heterocycles. The Balaban J connectivity index is 0.000000141. The fraction of sp³-hybridized carbons (Fsp3) is 0. The van der Waals surface area contributed by atoms with E-state index in [1.54, 1.807) is 0 Å². The van der Waals surface area contributed by atoms with Crippen molar-refractivity contribution in [3.05, 3.63) is 352 Å². The van der Waals surface area contributed by atoms with Gasteiger partial charge < -0.3 is 0 Å². The fourth-order valence-electron chi connectivity index (χ4n) is 14.0. The molecule has 8 aromatic heterocycles. The molecule has 0 spiro atoms. The first kappa shape index (κ1) is 59.4. The van der Waals surface area contributed by atoms with Gasteiger partial charge in [0.15, 0.2) is 0 Å². The molecular weight excluding hydrogens is 1240 g/mol. The van der Waals surface area contributed by atoms with Crippen LogP contribution in [-0.2, 0) is 0 Å². The van der Waals surface area contributed by atoms with Crippen LogP contribution in [0.1, 0.15) is 0 Å². The monoisotopic (exact) mass is 1300 g/mol. The standard InChI is InChI=1S/C48H30N4.C46H28N4/c1-3-8-31(9-4-1)40-13-7-12-36-23-29-44(50-46(36)40)39-21-18-35-22-26-41(49-45(35)30-39)33-14-16-34(17-15-33)43-28-25-38-20-19-37-24-27-42(32-10-5-2-6-11-32)51-47(37)48(38)52-43;1-2-6-29(7-3-1)40-24-20-32-11-12-33-21-25-43(50-46(33)45(32)49-40)37-17-14-34-26-36(16-13-35(34)27-37)41-23-19-31-10-15-38(28-44(31)48-41)42-22-18-30-8-4-5-9-39(30)47-42/h1-30H;1-28H. The van der Waals surface area contributed by atoms with Crippen molar-refractivity contribution in [1.29, 1.82) is 0 Å². The highest BCUT2D eigenvalue weighted by atomic mass is 14.8. The average Bonchev–Trinajstić information content (AvgIpc) is 0.784. The number of hydrogen-bond donors (Lipinski definition) is 0. The molecule has 0 amide bonds. The summed E-state index contributed by atoms with van der Waals surface area (Å²) in [6.45, 7) is 0. The van der Waals surface area contributed by atoms with Crippen LogP contribution >= 0.6 is 0 Å². The van der Waals surface area contributed by atoms with Gasteiger partial charge in [-0.2, -0.15) is 0 Å². The first-order valence-corrected chi connectivity index (χ1v) is 34.3. The highest BCUT2D eigenvalue weighted by molar-refractivity contribution is 6.06. The van der Waals surface area contributed by atoms with Crippen LogP contribution in [0.25, 0.3) is 199 Å². The molecule has 102 heavy (non-hydrogen) atoms. The molecule has 8 nitrogen and oxygen atoms in total. The quantitative estimate of drug-likeness (QED) is 0.132. The molecule has 0 fully saturated rings. The summed E-state index contributed by atoms with van der Waals surface area (Å²) in [6.07, 6.45) is 0. The maximum absolute atomic E-state index is 5.18. The van der Waals surface area contributed by atoms with Crippen molar-refractivity contribution in [3.63, 3.8) is 0 Å². The van der Waals surface area contributed by atoms with Crippen LogP contribution in [0.2, 0.25) is 0 Å². The largest absolute Gasteiger partial charge is 0.248 e. The predicted molar refractivity (Wildman–Crippen MR) is 422 cm³/mol. The van der Waals surface area contributed by atoms with Crippen molar-refractivity contribution in [2.75, 3.05) is 0 Å². The molecule has 20 rings (SSSR count). The third-order valence-electron chi connectivity index (χ3n) is 19.5. The Morgan fingerprint density at radius 3 is 0.814 bits per heavy atom. The van der Waals surface area contributed by atoms with Crippen molar-refractivity contribution < 1.29 is 0 Å². The molecular formula is C94H58N8. The fourth-order valence-corrected chi connectivity index (χ4v) is 14.0. The lowest BCUT2D eigenvalue weighted by atomic mass is 10.00. The first-order chi connectivity index (χ1) is 50.4. The second kappa shape index (κ2) is 25.2. The SMILES string of the molecule is c1ccc(-c2ccc3ccc4ccc(-c5ccc(-c6ccc7ccc(-c8ccc9cccc(-c%10ccccc%10)c9n8)cc7n6)cc5)nc4c3n2)cc1.c1ccc(-c2ccc3ccc4ccc(-c5ccc6cc(-c7ccc8ccc(-c9ccc%10ccccc%10n9)cc8n7)ccc6c5)nc4c3n2)cc1. The lowest BCUT2D eigenvalue weighted by Crippen LogP contribution is -1.91. The Hall–Kier alpha value is -13.8. The third kappa shape index (κ3) is 11.3. The number of para-hydroxylation sites is 2. The van der Waals surface area contributed by atoms with Gasteiger partial charge in [0.25, 0.3) is 0 Å². The van der Waals surface area contributed by atoms with Crippen molar-refractivity contribution in [2.24, 2.45) is 0 Å². The maximum atomic E-state index is 5.18. The van der Waals surface area contributed by atoms with Gasteiger partial charge in [-0.15, -0.1) is 0 Å². The molecule has 12 aromatic carbocycles. The highest BCUT2D eigenvalue weighted by Crippen LogP contribution is 2.37. The van der Waals surface area contributed by atoms with Crippen LogP contribution in [0.3, 0.4) is 0 Å². The minimum atomic E-state index is 0.904. The molecule has 0 radical (unpaired) electrons. The summed E-state index contributed by atoms with van der Waals surface area (Å²) in [5.74, 6) is 0. The van der Waals surface area contributed by atoms with Crippen LogP contribution in [0.15, 0.2) is 352 Å². The van der Waals surface area contributed by atoms with Crippen molar-refractivity contribution in [1.82, 2.24) is 39.9 Å². The van der Waals surface area contributed by atoms with Crippen molar-refractivity contribution in [2.45, 2.75) is 0 Å². The Morgan fingerprint density at radius 1 is 0.127 bits per heavy atom. The van der Waals surface area contributed by atoms with E-state index in [0.29, 0.717) is 0 Å². The minimum absolute atomic E-state index is 0.904. The highest BCUT2D eigenvalue weighted by Gasteiger charge is 2.16. The summed E-state index contributed by atoms with van der Waals surface area (Å²) in [5.41, 5.74) is 25.8. The van der Waals surface area contributed by atoms with Crippen molar-refractivity contribution >= 4 is 98.0 Å². The number of nitrogens with zero attached hydrogens (tertiary/aromatic N) is 8. The van der Waals surface area contributed by atoms with E-state index in [1.165, 1.54) is 0 Å². The molecule has 0 saturated carbocycles. The summed E-state index contributed by atoms with van der Waals surface area (Å²) in [4.78, 5) is 40.8. The van der Waals surface area contributed by atoms with Gasteiger partial charge in [0, 0.05) is 93.2 Å². The summed E-state index contributed by atoms with van der Waals surface area (Å²) in [7, 11) is 0. The number of pyridine rings is 8. The normalized spacial score (nSPS) is 11.5. The molecule has 0 aliphatic rings. The molecule has 0 saturated heterocycles. The summed E-state index contributed by atoms with van der Waals surface area (Å²) in [5, 5.41) is 11.1. The van der Waals surface area contributed by atoms with Gasteiger partial charge in [-0.1, -0.05) is 273 Å². The molecule has 0 aliphatic carbocycles. The number of hydrogen-bond acceptors (Lipinski definition) is 8. The second-order valence-corrected chi connectivity index (χ2v) is 25.8. The number of benzene rings is 12. The Labute approximate surface area is 587 Å². The Kier molecular flexibility index (Phi) is 14.7.